The van der Waals surface area contributed by atoms with Gasteiger partial charge in [-0.05, 0) is 38.8 Å². The van der Waals surface area contributed by atoms with Gasteiger partial charge < -0.3 is 10.6 Å². The molecule has 1 amide bonds. The largest absolute Gasteiger partial charge is 0.353 e. The Morgan fingerprint density at radius 3 is 2.68 bits per heavy atom. The zero-order valence-electron chi connectivity index (χ0n) is 11.6. The van der Waals surface area contributed by atoms with Gasteiger partial charge in [-0.3, -0.25) is 4.79 Å². The van der Waals surface area contributed by atoms with Gasteiger partial charge in [0, 0.05) is 12.1 Å². The van der Waals surface area contributed by atoms with Crippen LogP contribution in [0.4, 0.5) is 0 Å². The van der Waals surface area contributed by atoms with Crippen LogP contribution in [0.15, 0.2) is 30.3 Å². The molecule has 1 aliphatic heterocycles. The van der Waals surface area contributed by atoms with Crippen molar-refractivity contribution in [3.8, 4) is 0 Å². The molecule has 1 fully saturated rings. The van der Waals surface area contributed by atoms with Gasteiger partial charge in [-0.1, -0.05) is 30.3 Å². The SMILES string of the molecule is CC1CC(NC(=O)C(C)c2ccccc2)CCN1.Cl. The second kappa shape index (κ2) is 7.51. The molecule has 1 saturated heterocycles. The summed E-state index contributed by atoms with van der Waals surface area (Å²) in [5.74, 6) is 0.0664. The van der Waals surface area contributed by atoms with E-state index in [4.69, 9.17) is 0 Å². The van der Waals surface area contributed by atoms with E-state index in [1.54, 1.807) is 0 Å². The molecule has 3 atom stereocenters. The predicted octanol–water partition coefficient (Wildman–Crippen LogP) is 2.47. The molecule has 0 saturated carbocycles. The van der Waals surface area contributed by atoms with Crippen LogP contribution < -0.4 is 10.6 Å². The number of piperidine rings is 1. The molecule has 3 nitrogen and oxygen atoms in total. The average Bonchev–Trinajstić information content (AvgIpc) is 2.39. The molecule has 1 heterocycles. The Balaban J connectivity index is 0.00000180. The van der Waals surface area contributed by atoms with Crippen molar-refractivity contribution >= 4 is 18.3 Å². The van der Waals surface area contributed by atoms with Gasteiger partial charge in [-0.15, -0.1) is 12.4 Å². The maximum Gasteiger partial charge on any atom is 0.227 e. The highest BCUT2D eigenvalue weighted by Crippen LogP contribution is 2.16. The number of carbonyl (C=O) groups is 1. The van der Waals surface area contributed by atoms with Crippen LogP contribution in [0.25, 0.3) is 0 Å². The van der Waals surface area contributed by atoms with Crippen molar-refractivity contribution in [2.45, 2.75) is 44.7 Å². The summed E-state index contributed by atoms with van der Waals surface area (Å²) < 4.78 is 0. The van der Waals surface area contributed by atoms with E-state index < -0.39 is 0 Å². The maximum absolute atomic E-state index is 12.2. The lowest BCUT2D eigenvalue weighted by Gasteiger charge is -2.29. The predicted molar refractivity (Wildman–Crippen MR) is 80.7 cm³/mol. The Hall–Kier alpha value is -1.06. The summed E-state index contributed by atoms with van der Waals surface area (Å²) >= 11 is 0. The van der Waals surface area contributed by atoms with Crippen molar-refractivity contribution in [3.63, 3.8) is 0 Å². The van der Waals surface area contributed by atoms with Gasteiger partial charge in [0.1, 0.15) is 0 Å². The molecule has 1 aromatic carbocycles. The third kappa shape index (κ3) is 4.51. The van der Waals surface area contributed by atoms with Gasteiger partial charge in [-0.25, -0.2) is 0 Å². The third-order valence-electron chi connectivity index (χ3n) is 3.66. The minimum atomic E-state index is -0.0728. The highest BCUT2D eigenvalue weighted by molar-refractivity contribution is 5.85. The first-order chi connectivity index (χ1) is 8.66. The summed E-state index contributed by atoms with van der Waals surface area (Å²) in [4.78, 5) is 12.2. The van der Waals surface area contributed by atoms with Crippen molar-refractivity contribution in [2.75, 3.05) is 6.54 Å². The molecule has 2 N–H and O–H groups in total. The lowest BCUT2D eigenvalue weighted by molar-refractivity contribution is -0.123. The fraction of sp³-hybridized carbons (Fsp3) is 0.533. The zero-order chi connectivity index (χ0) is 13.0. The molecule has 19 heavy (non-hydrogen) atoms. The molecule has 0 bridgehead atoms. The van der Waals surface area contributed by atoms with Crippen LogP contribution in [0.2, 0.25) is 0 Å². The first-order valence-corrected chi connectivity index (χ1v) is 6.75. The van der Waals surface area contributed by atoms with Crippen LogP contribution in [0, 0.1) is 0 Å². The fourth-order valence-electron chi connectivity index (χ4n) is 2.48. The van der Waals surface area contributed by atoms with Gasteiger partial charge in [0.2, 0.25) is 5.91 Å². The second-order valence-corrected chi connectivity index (χ2v) is 5.22. The number of hydrogen-bond acceptors (Lipinski definition) is 2. The highest BCUT2D eigenvalue weighted by atomic mass is 35.5. The summed E-state index contributed by atoms with van der Waals surface area (Å²) in [5, 5.41) is 6.56. The number of benzene rings is 1. The van der Waals surface area contributed by atoms with Gasteiger partial charge >= 0.3 is 0 Å². The van der Waals surface area contributed by atoms with E-state index in [0.717, 1.165) is 24.9 Å². The van der Waals surface area contributed by atoms with Gasteiger partial charge in [0.05, 0.1) is 5.92 Å². The van der Waals surface area contributed by atoms with Gasteiger partial charge in [0.15, 0.2) is 0 Å². The van der Waals surface area contributed by atoms with E-state index in [1.165, 1.54) is 0 Å². The summed E-state index contributed by atoms with van der Waals surface area (Å²) in [7, 11) is 0. The van der Waals surface area contributed by atoms with E-state index >= 15 is 0 Å². The Kier molecular flexibility index (Phi) is 6.32. The van der Waals surface area contributed by atoms with Crippen LogP contribution in [0.5, 0.6) is 0 Å². The van der Waals surface area contributed by atoms with Gasteiger partial charge in [-0.2, -0.15) is 0 Å². The minimum Gasteiger partial charge on any atom is -0.353 e. The van der Waals surface area contributed by atoms with Gasteiger partial charge in [0.25, 0.3) is 0 Å². The standard InChI is InChI=1S/C15H22N2O.ClH/c1-11-10-14(8-9-16-11)17-15(18)12(2)13-6-4-3-5-7-13;/h3-7,11-12,14,16H,8-10H2,1-2H3,(H,17,18);1H. The average molecular weight is 283 g/mol. The number of hydrogen-bond donors (Lipinski definition) is 2. The smallest absolute Gasteiger partial charge is 0.227 e. The lowest BCUT2D eigenvalue weighted by Crippen LogP contribution is -2.47. The fourth-order valence-corrected chi connectivity index (χ4v) is 2.48. The zero-order valence-corrected chi connectivity index (χ0v) is 12.4. The number of carbonyl (C=O) groups excluding carboxylic acids is 1. The summed E-state index contributed by atoms with van der Waals surface area (Å²) in [5.41, 5.74) is 1.08. The monoisotopic (exact) mass is 282 g/mol. The molecule has 1 aromatic rings. The van der Waals surface area contributed by atoms with Crippen molar-refractivity contribution in [1.82, 2.24) is 10.6 Å². The van der Waals surface area contributed by atoms with Crippen LogP contribution in [-0.4, -0.2) is 24.5 Å². The quantitative estimate of drug-likeness (QED) is 0.894. The van der Waals surface area contributed by atoms with Crippen molar-refractivity contribution in [3.05, 3.63) is 35.9 Å². The first-order valence-electron chi connectivity index (χ1n) is 6.75. The molecule has 0 aliphatic carbocycles. The highest BCUT2D eigenvalue weighted by Gasteiger charge is 2.22. The summed E-state index contributed by atoms with van der Waals surface area (Å²) in [6.07, 6.45) is 2.05. The molecule has 0 spiro atoms. The van der Waals surface area contributed by atoms with E-state index in [2.05, 4.69) is 17.6 Å². The van der Waals surface area contributed by atoms with Crippen molar-refractivity contribution in [1.29, 1.82) is 0 Å². The molecule has 1 aliphatic rings. The third-order valence-corrected chi connectivity index (χ3v) is 3.66. The van der Waals surface area contributed by atoms with Crippen LogP contribution in [0.1, 0.15) is 38.2 Å². The number of halogens is 1. The van der Waals surface area contributed by atoms with E-state index in [0.29, 0.717) is 12.1 Å². The van der Waals surface area contributed by atoms with Crippen molar-refractivity contribution in [2.24, 2.45) is 0 Å². The molecular formula is C15H23ClN2O. The Morgan fingerprint density at radius 2 is 2.05 bits per heavy atom. The molecule has 3 unspecified atom stereocenters. The number of nitrogens with one attached hydrogen (secondary N) is 2. The number of rotatable bonds is 3. The normalized spacial score (nSPS) is 24.1. The van der Waals surface area contributed by atoms with E-state index in [9.17, 15) is 4.79 Å². The number of amides is 1. The van der Waals surface area contributed by atoms with E-state index in [-0.39, 0.29) is 24.2 Å². The topological polar surface area (TPSA) is 41.1 Å². The lowest BCUT2D eigenvalue weighted by atomic mass is 9.97. The van der Waals surface area contributed by atoms with Crippen molar-refractivity contribution < 1.29 is 4.79 Å². The van der Waals surface area contributed by atoms with Crippen LogP contribution in [0.3, 0.4) is 0 Å². The van der Waals surface area contributed by atoms with Crippen LogP contribution >= 0.6 is 12.4 Å². The molecule has 0 aromatic heterocycles. The van der Waals surface area contributed by atoms with E-state index in [1.807, 2.05) is 37.3 Å². The Labute approximate surface area is 121 Å². The molecule has 2 rings (SSSR count). The molecule has 4 heteroatoms. The first kappa shape index (κ1) is 16.0. The maximum atomic E-state index is 12.2. The summed E-state index contributed by atoms with van der Waals surface area (Å²) in [6, 6.07) is 10.8. The molecular weight excluding hydrogens is 260 g/mol. The van der Waals surface area contributed by atoms with Crippen LogP contribution in [-0.2, 0) is 4.79 Å². The second-order valence-electron chi connectivity index (χ2n) is 5.22. The minimum absolute atomic E-state index is 0. The molecule has 106 valence electrons. The summed E-state index contributed by atoms with van der Waals surface area (Å²) in [6.45, 7) is 5.12. The molecule has 0 radical (unpaired) electrons. The Morgan fingerprint density at radius 1 is 1.37 bits per heavy atom. The Bertz CT molecular complexity index is 396.